The van der Waals surface area contributed by atoms with E-state index in [2.05, 4.69) is 23.0 Å². The van der Waals surface area contributed by atoms with E-state index in [1.54, 1.807) is 14.0 Å². The summed E-state index contributed by atoms with van der Waals surface area (Å²) >= 11 is 0. The zero-order chi connectivity index (χ0) is 22.4. The molecule has 0 bridgehead atoms. The molecular weight excluding hydrogens is 390 g/mol. The Labute approximate surface area is 183 Å². The second-order valence-corrected chi connectivity index (χ2v) is 7.41. The summed E-state index contributed by atoms with van der Waals surface area (Å²) in [6, 6.07) is 13.5. The third kappa shape index (κ3) is 5.15. The van der Waals surface area contributed by atoms with Crippen LogP contribution in [0.4, 0.5) is 0 Å². The number of methoxy groups -OCH3 is 1. The van der Waals surface area contributed by atoms with E-state index in [0.717, 1.165) is 28.8 Å². The lowest BCUT2D eigenvalue weighted by atomic mass is 10.1. The van der Waals surface area contributed by atoms with Gasteiger partial charge in [-0.25, -0.2) is 4.98 Å². The first-order valence-electron chi connectivity index (χ1n) is 10.3. The lowest BCUT2D eigenvalue weighted by Crippen LogP contribution is -2.29. The summed E-state index contributed by atoms with van der Waals surface area (Å²) in [5.74, 6) is 1.96. The Bertz CT molecular complexity index is 1100. The molecule has 1 atom stereocenters. The van der Waals surface area contributed by atoms with Crippen molar-refractivity contribution in [1.29, 1.82) is 0 Å². The van der Waals surface area contributed by atoms with Crippen LogP contribution >= 0.6 is 0 Å². The predicted molar refractivity (Wildman–Crippen MR) is 123 cm³/mol. The van der Waals surface area contributed by atoms with Gasteiger partial charge < -0.3 is 19.4 Å². The van der Waals surface area contributed by atoms with Gasteiger partial charge in [0.15, 0.2) is 11.5 Å². The minimum atomic E-state index is -0.274. The van der Waals surface area contributed by atoms with E-state index in [1.165, 1.54) is 0 Å². The molecule has 3 rings (SSSR count). The Balaban J connectivity index is 1.80. The van der Waals surface area contributed by atoms with Gasteiger partial charge in [-0.2, -0.15) is 0 Å². The van der Waals surface area contributed by atoms with Gasteiger partial charge in [0.25, 0.3) is 0 Å². The summed E-state index contributed by atoms with van der Waals surface area (Å²) < 4.78 is 13.6. The number of fused-ring (bicyclic) bond motifs is 1. The average Bonchev–Trinajstić information content (AvgIpc) is 3.13. The highest BCUT2D eigenvalue weighted by molar-refractivity contribution is 5.92. The first-order chi connectivity index (χ1) is 14.9. The van der Waals surface area contributed by atoms with Crippen LogP contribution < -0.4 is 14.8 Å². The van der Waals surface area contributed by atoms with Crippen molar-refractivity contribution in [2.75, 3.05) is 13.7 Å². The van der Waals surface area contributed by atoms with Gasteiger partial charge in [0.2, 0.25) is 5.91 Å². The van der Waals surface area contributed by atoms with E-state index in [4.69, 9.17) is 14.5 Å². The molecule has 31 heavy (non-hydrogen) atoms. The highest BCUT2D eigenvalue weighted by Crippen LogP contribution is 2.29. The molecule has 6 heteroatoms. The molecule has 162 valence electrons. The van der Waals surface area contributed by atoms with Gasteiger partial charge >= 0.3 is 0 Å². The van der Waals surface area contributed by atoms with E-state index in [0.29, 0.717) is 30.2 Å². The van der Waals surface area contributed by atoms with Crippen LogP contribution in [-0.4, -0.2) is 29.2 Å². The van der Waals surface area contributed by atoms with Crippen molar-refractivity contribution in [1.82, 2.24) is 14.9 Å². The molecule has 1 aromatic heterocycles. The molecule has 1 unspecified atom stereocenters. The van der Waals surface area contributed by atoms with E-state index >= 15 is 0 Å². The maximum absolute atomic E-state index is 12.1. The molecule has 0 spiro atoms. The minimum absolute atomic E-state index is 0.188. The number of hydrogen-bond acceptors (Lipinski definition) is 4. The van der Waals surface area contributed by atoms with Gasteiger partial charge in [0.1, 0.15) is 12.4 Å². The number of allylic oxidation sites excluding steroid dienone is 1. The number of nitrogens with one attached hydrogen (secondary N) is 1. The van der Waals surface area contributed by atoms with E-state index in [1.807, 2.05) is 55.5 Å². The van der Waals surface area contributed by atoms with Crippen LogP contribution in [0.3, 0.4) is 0 Å². The SMILES string of the molecule is C=CCc1ccc(OCCn2c(C(C)NC(=O)C(=C)C)nc3ccccc32)c(OC)c1. The normalized spacial score (nSPS) is 11.7. The van der Waals surface area contributed by atoms with Crippen molar-refractivity contribution in [3.05, 3.63) is 78.7 Å². The average molecular weight is 420 g/mol. The Morgan fingerprint density at radius 1 is 1.26 bits per heavy atom. The van der Waals surface area contributed by atoms with E-state index < -0.39 is 0 Å². The van der Waals surface area contributed by atoms with E-state index in [-0.39, 0.29) is 11.9 Å². The standard InChI is InChI=1S/C25H29N3O3/c1-6-9-19-12-13-22(23(16-19)30-5)31-15-14-28-21-11-8-7-10-20(21)27-24(28)18(4)26-25(29)17(2)3/h6-8,10-13,16,18H,1-2,9,14-15H2,3-5H3,(H,26,29). The molecule has 1 amide bonds. The maximum atomic E-state index is 12.1. The number of imidazole rings is 1. The van der Waals surface area contributed by atoms with Gasteiger partial charge in [-0.1, -0.05) is 30.9 Å². The minimum Gasteiger partial charge on any atom is -0.493 e. The lowest BCUT2D eigenvalue weighted by Gasteiger charge is -2.17. The van der Waals surface area contributed by atoms with Crippen molar-refractivity contribution in [2.45, 2.75) is 32.9 Å². The van der Waals surface area contributed by atoms with Gasteiger partial charge in [0, 0.05) is 5.57 Å². The van der Waals surface area contributed by atoms with Crippen LogP contribution in [0, 0.1) is 0 Å². The molecule has 0 aliphatic rings. The Morgan fingerprint density at radius 3 is 2.74 bits per heavy atom. The molecule has 6 nitrogen and oxygen atoms in total. The third-order valence-corrected chi connectivity index (χ3v) is 4.99. The second kappa shape index (κ2) is 9.98. The van der Waals surface area contributed by atoms with Crippen molar-refractivity contribution in [3.63, 3.8) is 0 Å². The molecule has 0 aliphatic carbocycles. The topological polar surface area (TPSA) is 65.4 Å². The zero-order valence-electron chi connectivity index (χ0n) is 18.4. The Hall–Kier alpha value is -3.54. The Morgan fingerprint density at radius 2 is 2.03 bits per heavy atom. The van der Waals surface area contributed by atoms with Crippen LogP contribution in [0.25, 0.3) is 11.0 Å². The van der Waals surface area contributed by atoms with Gasteiger partial charge in [-0.15, -0.1) is 6.58 Å². The number of amides is 1. The molecular formula is C25H29N3O3. The van der Waals surface area contributed by atoms with Crippen LogP contribution in [0.15, 0.2) is 67.3 Å². The summed E-state index contributed by atoms with van der Waals surface area (Å²) in [5.41, 5.74) is 3.44. The van der Waals surface area contributed by atoms with Crippen LogP contribution in [0.5, 0.6) is 11.5 Å². The highest BCUT2D eigenvalue weighted by atomic mass is 16.5. The number of rotatable bonds is 10. The molecule has 0 saturated heterocycles. The molecule has 1 heterocycles. The quantitative estimate of drug-likeness (QED) is 0.385. The fraction of sp³-hybridized carbons (Fsp3) is 0.280. The molecule has 3 aromatic rings. The lowest BCUT2D eigenvalue weighted by molar-refractivity contribution is -0.118. The number of carbonyl (C=O) groups is 1. The summed E-state index contributed by atoms with van der Waals surface area (Å²) in [5, 5.41) is 2.95. The highest BCUT2D eigenvalue weighted by Gasteiger charge is 2.19. The Kier molecular flexibility index (Phi) is 7.13. The molecule has 2 aromatic carbocycles. The van der Waals surface area contributed by atoms with Crippen LogP contribution in [-0.2, 0) is 17.8 Å². The molecule has 0 saturated carbocycles. The van der Waals surface area contributed by atoms with E-state index in [9.17, 15) is 4.79 Å². The van der Waals surface area contributed by atoms with Crippen molar-refractivity contribution in [2.24, 2.45) is 0 Å². The van der Waals surface area contributed by atoms with Crippen LogP contribution in [0.2, 0.25) is 0 Å². The van der Waals surface area contributed by atoms with Gasteiger partial charge in [-0.3, -0.25) is 4.79 Å². The molecule has 0 fully saturated rings. The molecule has 0 radical (unpaired) electrons. The van der Waals surface area contributed by atoms with Gasteiger partial charge in [-0.05, 0) is 50.1 Å². The number of ether oxygens (including phenoxy) is 2. The summed E-state index contributed by atoms with van der Waals surface area (Å²) in [6.45, 7) is 12.1. The summed E-state index contributed by atoms with van der Waals surface area (Å²) in [4.78, 5) is 16.8. The maximum Gasteiger partial charge on any atom is 0.246 e. The van der Waals surface area contributed by atoms with Crippen LogP contribution in [0.1, 0.15) is 31.3 Å². The monoisotopic (exact) mass is 419 g/mol. The number of hydrogen-bond donors (Lipinski definition) is 1. The first-order valence-corrected chi connectivity index (χ1v) is 10.3. The summed E-state index contributed by atoms with van der Waals surface area (Å²) in [7, 11) is 1.63. The number of aromatic nitrogens is 2. The first kappa shape index (κ1) is 22.2. The van der Waals surface area contributed by atoms with Crippen molar-refractivity contribution in [3.8, 4) is 11.5 Å². The third-order valence-electron chi connectivity index (χ3n) is 4.99. The van der Waals surface area contributed by atoms with Crippen molar-refractivity contribution >= 4 is 16.9 Å². The fourth-order valence-electron chi connectivity index (χ4n) is 3.42. The molecule has 0 aliphatic heterocycles. The number of nitrogens with zero attached hydrogens (tertiary/aromatic N) is 2. The number of benzene rings is 2. The van der Waals surface area contributed by atoms with Crippen molar-refractivity contribution < 1.29 is 14.3 Å². The fourth-order valence-corrected chi connectivity index (χ4v) is 3.42. The number of para-hydroxylation sites is 2. The molecule has 1 N–H and O–H groups in total. The number of carbonyl (C=O) groups excluding carboxylic acids is 1. The smallest absolute Gasteiger partial charge is 0.246 e. The summed E-state index contributed by atoms with van der Waals surface area (Å²) in [6.07, 6.45) is 2.63. The second-order valence-electron chi connectivity index (χ2n) is 7.41. The van der Waals surface area contributed by atoms with Gasteiger partial charge in [0.05, 0.1) is 30.7 Å². The predicted octanol–water partition coefficient (Wildman–Crippen LogP) is 4.61. The largest absolute Gasteiger partial charge is 0.493 e. The zero-order valence-corrected chi connectivity index (χ0v) is 18.4.